The molecule has 3 heteroatoms. The third-order valence-electron chi connectivity index (χ3n) is 2.83. The lowest BCUT2D eigenvalue weighted by Gasteiger charge is -2.20. The van der Waals surface area contributed by atoms with Gasteiger partial charge < -0.3 is 15.7 Å². The lowest BCUT2D eigenvalue weighted by molar-refractivity contribution is 0.277. The number of hydrogen-bond donors (Lipinski definition) is 1. The topological polar surface area (TPSA) is 46.8 Å². The predicted octanol–water partition coefficient (Wildman–Crippen LogP) is 2.23. The smallest absolute Gasteiger partial charge is 0.0132 e. The number of nitrogens with zero attached hydrogens (tertiary/aromatic N) is 1. The van der Waals surface area contributed by atoms with E-state index in [1.54, 1.807) is 0 Å². The van der Waals surface area contributed by atoms with E-state index in [9.17, 15) is 0 Å². The first kappa shape index (κ1) is 19.0. The fourth-order valence-electron chi connectivity index (χ4n) is 1.76. The Morgan fingerprint density at radius 1 is 1.18 bits per heavy atom. The molecule has 0 aliphatic carbocycles. The Labute approximate surface area is 108 Å². The fourth-order valence-corrected chi connectivity index (χ4v) is 1.76. The van der Waals surface area contributed by atoms with Gasteiger partial charge in [0.15, 0.2) is 0 Å². The molecule has 0 bridgehead atoms. The van der Waals surface area contributed by atoms with Gasteiger partial charge in [-0.05, 0) is 45.9 Å². The second-order valence-corrected chi connectivity index (χ2v) is 4.56. The van der Waals surface area contributed by atoms with Crippen molar-refractivity contribution in [2.75, 3.05) is 33.2 Å². The molecular weight excluding hydrogens is 212 g/mol. The highest BCUT2D eigenvalue weighted by Crippen LogP contribution is 2.04. The Morgan fingerprint density at radius 2 is 1.82 bits per heavy atom. The van der Waals surface area contributed by atoms with Crippen molar-refractivity contribution in [2.24, 2.45) is 0 Å². The molecule has 17 heavy (non-hydrogen) atoms. The Hall–Kier alpha value is -0.380. The maximum absolute atomic E-state index is 3.62. The van der Waals surface area contributed by atoms with Crippen molar-refractivity contribution in [3.05, 3.63) is 12.7 Å². The van der Waals surface area contributed by atoms with Crippen LogP contribution in [0.15, 0.2) is 12.7 Å². The molecule has 0 aromatic rings. The lowest BCUT2D eigenvalue weighted by Crippen LogP contribution is -2.24. The molecule has 3 N–H and O–H groups in total. The predicted molar refractivity (Wildman–Crippen MR) is 77.6 cm³/mol. The minimum Gasteiger partial charge on any atom is -0.412 e. The summed E-state index contributed by atoms with van der Waals surface area (Å²) in [5, 5.41) is 3.25. The van der Waals surface area contributed by atoms with Gasteiger partial charge in [-0.15, -0.1) is 6.58 Å². The lowest BCUT2D eigenvalue weighted by atomic mass is 10.1. The Bertz CT molecular complexity index is 145. The summed E-state index contributed by atoms with van der Waals surface area (Å²) in [7, 11) is 2.19. The van der Waals surface area contributed by atoms with Gasteiger partial charge >= 0.3 is 0 Å². The molecule has 0 saturated carbocycles. The van der Waals surface area contributed by atoms with E-state index < -0.39 is 0 Å². The van der Waals surface area contributed by atoms with Crippen LogP contribution in [0.5, 0.6) is 0 Å². The van der Waals surface area contributed by atoms with Gasteiger partial charge in [0.2, 0.25) is 0 Å². The summed E-state index contributed by atoms with van der Waals surface area (Å²) in [4.78, 5) is 2.39. The molecule has 1 heterocycles. The first-order valence-corrected chi connectivity index (χ1v) is 6.81. The number of likely N-dealkylation sites (tertiary alicyclic amines) is 1. The molecule has 1 aliphatic rings. The molecule has 104 valence electrons. The van der Waals surface area contributed by atoms with Crippen LogP contribution < -0.4 is 5.32 Å². The minimum atomic E-state index is 0. The Balaban J connectivity index is 0. The van der Waals surface area contributed by atoms with Crippen molar-refractivity contribution in [3.63, 3.8) is 0 Å². The summed E-state index contributed by atoms with van der Waals surface area (Å²) in [5.74, 6) is 0. The van der Waals surface area contributed by atoms with Crippen LogP contribution in [0.1, 0.15) is 45.4 Å². The minimum absolute atomic E-state index is 0. The summed E-state index contributed by atoms with van der Waals surface area (Å²) in [6.45, 7) is 10.6. The van der Waals surface area contributed by atoms with Crippen molar-refractivity contribution in [1.29, 1.82) is 0 Å². The third-order valence-corrected chi connectivity index (χ3v) is 2.83. The van der Waals surface area contributed by atoms with Crippen LogP contribution in [0.3, 0.4) is 0 Å². The molecule has 1 fully saturated rings. The maximum atomic E-state index is 3.62. The summed E-state index contributed by atoms with van der Waals surface area (Å²) < 4.78 is 0. The highest BCUT2D eigenvalue weighted by molar-refractivity contribution is 4.68. The van der Waals surface area contributed by atoms with Gasteiger partial charge in [0.05, 0.1) is 0 Å². The van der Waals surface area contributed by atoms with Gasteiger partial charge in [-0.2, -0.15) is 0 Å². The van der Waals surface area contributed by atoms with Crippen molar-refractivity contribution in [1.82, 2.24) is 10.2 Å². The first-order chi connectivity index (χ1) is 7.81. The van der Waals surface area contributed by atoms with E-state index >= 15 is 0 Å². The SMILES string of the molecule is C=CCNCCCCC.CN1CCCCC1.O. The zero-order chi connectivity index (χ0) is 12.1. The molecule has 0 spiro atoms. The van der Waals surface area contributed by atoms with Crippen molar-refractivity contribution >= 4 is 0 Å². The molecule has 0 aromatic carbocycles. The highest BCUT2D eigenvalue weighted by Gasteiger charge is 2.02. The van der Waals surface area contributed by atoms with E-state index in [4.69, 9.17) is 0 Å². The van der Waals surface area contributed by atoms with E-state index in [0.29, 0.717) is 0 Å². The van der Waals surface area contributed by atoms with Crippen LogP contribution in [0.4, 0.5) is 0 Å². The molecule has 0 aromatic heterocycles. The molecular formula is C14H32N2O. The van der Waals surface area contributed by atoms with Gasteiger partial charge in [-0.1, -0.05) is 32.3 Å². The van der Waals surface area contributed by atoms with Crippen LogP contribution in [-0.2, 0) is 0 Å². The molecule has 1 rings (SSSR count). The summed E-state index contributed by atoms with van der Waals surface area (Å²) in [6, 6.07) is 0. The normalized spacial score (nSPS) is 15.4. The highest BCUT2D eigenvalue weighted by atomic mass is 16.0. The van der Waals surface area contributed by atoms with Crippen molar-refractivity contribution in [3.8, 4) is 0 Å². The van der Waals surface area contributed by atoms with Crippen LogP contribution in [0.25, 0.3) is 0 Å². The van der Waals surface area contributed by atoms with Gasteiger partial charge in [-0.25, -0.2) is 0 Å². The first-order valence-electron chi connectivity index (χ1n) is 6.81. The van der Waals surface area contributed by atoms with E-state index in [2.05, 4.69) is 30.8 Å². The zero-order valence-electron chi connectivity index (χ0n) is 11.8. The summed E-state index contributed by atoms with van der Waals surface area (Å²) in [6.07, 6.45) is 10.1. The van der Waals surface area contributed by atoms with Gasteiger partial charge in [0.25, 0.3) is 0 Å². The molecule has 0 atom stereocenters. The second kappa shape index (κ2) is 15.6. The van der Waals surface area contributed by atoms with Gasteiger partial charge in [0, 0.05) is 6.54 Å². The molecule has 1 aliphatic heterocycles. The second-order valence-electron chi connectivity index (χ2n) is 4.56. The Morgan fingerprint density at radius 3 is 2.24 bits per heavy atom. The van der Waals surface area contributed by atoms with Crippen LogP contribution in [0.2, 0.25) is 0 Å². The van der Waals surface area contributed by atoms with E-state index in [0.717, 1.165) is 13.1 Å². The quantitative estimate of drug-likeness (QED) is 0.575. The monoisotopic (exact) mass is 244 g/mol. The van der Waals surface area contributed by atoms with E-state index in [1.165, 1.54) is 51.6 Å². The molecule has 1 saturated heterocycles. The number of nitrogens with one attached hydrogen (secondary N) is 1. The zero-order valence-corrected chi connectivity index (χ0v) is 11.8. The van der Waals surface area contributed by atoms with Crippen LogP contribution in [0, 0.1) is 0 Å². The average Bonchev–Trinajstić information content (AvgIpc) is 2.31. The Kier molecular flexibility index (Phi) is 17.4. The maximum Gasteiger partial charge on any atom is 0.0132 e. The number of hydrogen-bond acceptors (Lipinski definition) is 2. The van der Waals surface area contributed by atoms with Crippen molar-refractivity contribution in [2.45, 2.75) is 45.4 Å². The number of piperidine rings is 1. The molecule has 0 amide bonds. The van der Waals surface area contributed by atoms with Gasteiger partial charge in [0.1, 0.15) is 0 Å². The van der Waals surface area contributed by atoms with E-state index in [1.807, 2.05) is 6.08 Å². The summed E-state index contributed by atoms with van der Waals surface area (Å²) in [5.41, 5.74) is 0. The molecule has 3 nitrogen and oxygen atoms in total. The largest absolute Gasteiger partial charge is 0.412 e. The number of unbranched alkanes of at least 4 members (excludes halogenated alkanes) is 2. The third kappa shape index (κ3) is 15.6. The molecule has 0 radical (unpaired) electrons. The van der Waals surface area contributed by atoms with E-state index in [-0.39, 0.29) is 5.48 Å². The van der Waals surface area contributed by atoms with Crippen LogP contribution >= 0.6 is 0 Å². The van der Waals surface area contributed by atoms with Crippen molar-refractivity contribution < 1.29 is 5.48 Å². The van der Waals surface area contributed by atoms with Crippen LogP contribution in [-0.4, -0.2) is 43.6 Å². The number of rotatable bonds is 6. The fraction of sp³-hybridized carbons (Fsp3) is 0.857. The molecule has 0 unspecified atom stereocenters. The van der Waals surface area contributed by atoms with Gasteiger partial charge in [-0.3, -0.25) is 0 Å². The summed E-state index contributed by atoms with van der Waals surface area (Å²) >= 11 is 0. The average molecular weight is 244 g/mol. The standard InChI is InChI=1S/C8H17N.C6H13N.H2O/c1-3-5-6-8-9-7-4-2;1-7-5-3-2-4-6-7;/h4,9H,2-3,5-8H2,1H3;2-6H2,1H3;1H2.